The molecule has 0 aromatic carbocycles. The van der Waals surface area contributed by atoms with Crippen LogP contribution in [0.5, 0.6) is 0 Å². The number of methoxy groups -OCH3 is 3. The summed E-state index contributed by atoms with van der Waals surface area (Å²) in [5.41, 5.74) is 1.66. The number of Topliss-reactive ketones (excluding diaryl/α,β-unsaturated/α-hetero) is 2. The van der Waals surface area contributed by atoms with Gasteiger partial charge < -0.3 is 62.7 Å². The number of unbranched alkanes of at least 4 members (excludes halogenated alkanes) is 3. The van der Waals surface area contributed by atoms with Gasteiger partial charge in [0, 0.05) is 65.1 Å². The number of nitrogens with one attached hydrogen (secondary N) is 1. The van der Waals surface area contributed by atoms with Gasteiger partial charge in [0.15, 0.2) is 16.6 Å². The number of nitrogens with zero attached hydrogens (tertiary/aromatic N) is 2. The highest BCUT2D eigenvalue weighted by Crippen LogP contribution is 2.44. The van der Waals surface area contributed by atoms with Crippen LogP contribution >= 0.6 is 0 Å². The van der Waals surface area contributed by atoms with Crippen LogP contribution in [0.15, 0.2) is 28.3 Å². The van der Waals surface area contributed by atoms with Crippen LogP contribution in [0, 0.1) is 29.6 Å². The molecule has 0 aromatic heterocycles. The van der Waals surface area contributed by atoms with E-state index in [2.05, 4.69) is 84.1 Å². The molecule has 21 heteroatoms. The predicted octanol–water partition coefficient (Wildman–Crippen LogP) is 9.68. The molecule has 0 spiro atoms. The number of ketones is 2. The minimum absolute atomic E-state index is 0.00849. The molecule has 4 rings (SSSR count). The van der Waals surface area contributed by atoms with E-state index in [4.69, 9.17) is 45.1 Å². The van der Waals surface area contributed by atoms with E-state index < -0.39 is 106 Å². The monoisotopic (exact) mass is 1210 g/mol. The molecular weight excluding hydrogens is 1110 g/mol. The van der Waals surface area contributed by atoms with E-state index in [1.54, 1.807) is 14.0 Å². The third-order valence-corrected chi connectivity index (χ3v) is 28.2. The Labute approximate surface area is 508 Å². The van der Waals surface area contributed by atoms with Gasteiger partial charge in [0.1, 0.15) is 31.9 Å². The molecule has 2 unspecified atom stereocenters. The number of carbonyl (C=O) groups is 5. The van der Waals surface area contributed by atoms with E-state index in [-0.39, 0.29) is 78.7 Å². The van der Waals surface area contributed by atoms with Gasteiger partial charge in [-0.05, 0) is 145 Å². The summed E-state index contributed by atoms with van der Waals surface area (Å²) in [5.74, 6) is -8.55. The molecule has 1 saturated carbocycles. The second kappa shape index (κ2) is 32.3. The SMILES string of the molecule is [B]C([O-])=NCCCCCCNC(=O)OCCC1/C=C(\C)C[C@H](C)C[C@H](OC)[C@H]2O[C@@](O)(C(=O)C(=O)N3CCCC[C@H]3C(=O)OC(/C(C)=C/[C@@H]3CC[C@@H](O[Si](C)(C)C(C)(C)C)[C@H](OC)C3)[C@H](C)[C@@H](O[Si](C)(C)C(C)(C)C)CC1=O)[C@H](C)C[C@@H]2OC. The van der Waals surface area contributed by atoms with Crippen molar-refractivity contribution < 1.29 is 71.5 Å². The van der Waals surface area contributed by atoms with Gasteiger partial charge in [-0.3, -0.25) is 14.4 Å². The zero-order valence-corrected chi connectivity index (χ0v) is 56.7. The topological polar surface area (TPSA) is 230 Å². The van der Waals surface area contributed by atoms with Gasteiger partial charge in [-0.2, -0.15) is 0 Å². The van der Waals surface area contributed by atoms with Crippen LogP contribution in [0.1, 0.15) is 172 Å². The number of hydrogen-bond acceptors (Lipinski definition) is 16. The highest BCUT2D eigenvalue weighted by atomic mass is 28.4. The summed E-state index contributed by atoms with van der Waals surface area (Å²) in [4.78, 5) is 78.2. The Balaban J connectivity index is 1.85. The van der Waals surface area contributed by atoms with E-state index in [0.29, 0.717) is 58.0 Å². The Kier molecular flexibility index (Phi) is 28.1. The number of allylic oxidation sites excluding steroid dienone is 3. The number of esters is 1. The van der Waals surface area contributed by atoms with Crippen molar-refractivity contribution in [2.75, 3.05) is 47.6 Å². The van der Waals surface area contributed by atoms with Crippen LogP contribution in [-0.4, -0.2) is 172 Å². The van der Waals surface area contributed by atoms with Crippen LogP contribution in [0.25, 0.3) is 0 Å². The molecule has 3 heterocycles. The average molecular weight is 1220 g/mol. The first-order valence-corrected chi connectivity index (χ1v) is 37.1. The molecule has 3 fully saturated rings. The maximum atomic E-state index is 15.4. The van der Waals surface area contributed by atoms with Gasteiger partial charge in [0.2, 0.25) is 5.79 Å². The number of alkyl carbamates (subject to hydrolysis) is 1. The summed E-state index contributed by atoms with van der Waals surface area (Å²) in [7, 11) is 5.06. The normalized spacial score (nSPS) is 32.6. The zero-order valence-electron chi connectivity index (χ0n) is 54.7. The van der Waals surface area contributed by atoms with Crippen molar-refractivity contribution in [1.29, 1.82) is 0 Å². The molecule has 2 radical (unpaired) electrons. The Hall–Kier alpha value is -3.28. The van der Waals surface area contributed by atoms with E-state index in [0.717, 1.165) is 36.8 Å². The van der Waals surface area contributed by atoms with Gasteiger partial charge in [0.25, 0.3) is 11.7 Å². The molecule has 4 aliphatic rings. The molecule has 3 aliphatic heterocycles. The molecule has 0 aromatic rings. The Morgan fingerprint density at radius 3 is 2.06 bits per heavy atom. The largest absolute Gasteiger partial charge is 0.870 e. The van der Waals surface area contributed by atoms with E-state index in [9.17, 15) is 24.6 Å². The fourth-order valence-electron chi connectivity index (χ4n) is 12.0. The number of amides is 2. The number of hydrogen-bond donors (Lipinski definition) is 2. The highest BCUT2D eigenvalue weighted by Gasteiger charge is 2.57. The predicted molar refractivity (Wildman–Crippen MR) is 330 cm³/mol. The quantitative estimate of drug-likeness (QED) is 0.0233. The second-order valence-corrected chi connectivity index (χ2v) is 37.4. The van der Waals surface area contributed by atoms with Crippen molar-refractivity contribution >= 4 is 59.8 Å². The van der Waals surface area contributed by atoms with Crippen LogP contribution < -0.4 is 10.4 Å². The summed E-state index contributed by atoms with van der Waals surface area (Å²) >= 11 is 0. The Morgan fingerprint density at radius 1 is 0.845 bits per heavy atom. The molecule has 18 nitrogen and oxygen atoms in total. The number of aliphatic hydroxyl groups is 1. The van der Waals surface area contributed by atoms with Crippen LogP contribution in [0.2, 0.25) is 36.3 Å². The van der Waals surface area contributed by atoms with E-state index in [1.807, 2.05) is 33.8 Å². The maximum Gasteiger partial charge on any atom is 0.407 e. The third-order valence-electron chi connectivity index (χ3n) is 19.2. The first-order valence-electron chi connectivity index (χ1n) is 31.3. The van der Waals surface area contributed by atoms with E-state index >= 15 is 9.59 Å². The van der Waals surface area contributed by atoms with Crippen molar-refractivity contribution in [3.8, 4) is 0 Å². The smallest absolute Gasteiger partial charge is 0.407 e. The average Bonchev–Trinajstić information content (AvgIpc) is 2.39. The molecule has 2 bridgehead atoms. The van der Waals surface area contributed by atoms with Crippen molar-refractivity contribution in [3.05, 3.63) is 23.3 Å². The Morgan fingerprint density at radius 2 is 1.45 bits per heavy atom. The van der Waals surface area contributed by atoms with Crippen LogP contribution in [-0.2, 0) is 56.5 Å². The number of rotatable bonds is 19. The van der Waals surface area contributed by atoms with Gasteiger partial charge in [-0.1, -0.05) is 98.7 Å². The molecule has 2 saturated heterocycles. The van der Waals surface area contributed by atoms with Gasteiger partial charge in [-0.15, -0.1) is 0 Å². The van der Waals surface area contributed by atoms with Gasteiger partial charge >= 0.3 is 12.1 Å². The molecule has 2 amide bonds. The Bertz CT molecular complexity index is 2260. The summed E-state index contributed by atoms with van der Waals surface area (Å²) in [5, 5.41) is 25.9. The van der Waals surface area contributed by atoms with Crippen molar-refractivity contribution in [1.82, 2.24) is 10.2 Å². The fraction of sp³-hybridized carbons (Fsp3) is 0.841. The van der Waals surface area contributed by atoms with Gasteiger partial charge in [-0.25, -0.2) is 9.59 Å². The third kappa shape index (κ3) is 20.4. The standard InChI is InChI=1S/C63H110BN3O15Si2/c1-40-33-41(2)35-52(76-13)55-53(77-14)37-43(4)63(74,80-55)56(69)57(70)67-31-24-21-25-47(67)58(71)79-54(42(3)36-45-26-27-49(51(38-45)75-12)81-83(15,16)61(6,7)8)44(5)50(82-84(17,18)62(9,10)11)39-48(68)46(34-40)28-32-78-60(73)66-30-23-20-19-22-29-65-59(64)72/h34,36,41,43-47,49-55,74H,19-33,35,37-39H2,1-18H3,(H,65,72)(H,66,73)/p-1/b40-34+,42-36+/t41-,43+,44+,45-,46?,47-,49+,50-,51+,52-,53-,54?,55+,63+/m0/s1. The van der Waals surface area contributed by atoms with Crippen LogP contribution in [0.3, 0.4) is 0 Å². The molecule has 1 aliphatic carbocycles. The summed E-state index contributed by atoms with van der Waals surface area (Å²) in [6, 6.07) is -1.17. The number of aliphatic imine (C=N–C) groups is 1. The maximum absolute atomic E-state index is 15.4. The number of cyclic esters (lactones) is 1. The van der Waals surface area contributed by atoms with Crippen molar-refractivity contribution in [2.45, 2.75) is 263 Å². The highest BCUT2D eigenvalue weighted by molar-refractivity contribution is 6.74. The van der Waals surface area contributed by atoms with Crippen LogP contribution in [0.4, 0.5) is 4.79 Å². The lowest BCUT2D eigenvalue weighted by atomic mass is 9.81. The molecule has 84 heavy (non-hydrogen) atoms. The zero-order chi connectivity index (χ0) is 63.1. The first kappa shape index (κ1) is 73.2. The lowest BCUT2D eigenvalue weighted by Gasteiger charge is -2.47. The number of ether oxygens (including phenoxy) is 6. The minimum atomic E-state index is -2.70. The second-order valence-electron chi connectivity index (χ2n) is 27.9. The van der Waals surface area contributed by atoms with E-state index in [1.165, 1.54) is 19.1 Å². The first-order chi connectivity index (χ1) is 39.1. The number of piperidine rings is 1. The van der Waals surface area contributed by atoms with Gasteiger partial charge in [0.05, 0.1) is 37.1 Å². The summed E-state index contributed by atoms with van der Waals surface area (Å²) in [6.45, 7) is 32.2. The summed E-state index contributed by atoms with van der Waals surface area (Å²) in [6.07, 6.45) is 7.10. The molecular formula is C63H109BN3O15Si2-. The van der Waals surface area contributed by atoms with Crippen molar-refractivity contribution in [3.63, 3.8) is 0 Å². The number of carbonyl (C=O) groups excluding carboxylic acids is 5. The lowest BCUT2D eigenvalue weighted by molar-refractivity contribution is -0.302. The number of fused-ring (bicyclic) bond motifs is 3. The minimum Gasteiger partial charge on any atom is -0.870 e. The fourth-order valence-corrected chi connectivity index (χ4v) is 14.7. The lowest BCUT2D eigenvalue weighted by Crippen LogP contribution is -2.64. The molecule has 2 N–H and O–H groups in total. The summed E-state index contributed by atoms with van der Waals surface area (Å²) < 4.78 is 51.4. The molecule has 478 valence electrons. The van der Waals surface area contributed by atoms with Crippen molar-refractivity contribution in [2.24, 2.45) is 34.6 Å². The molecule has 14 atom stereocenters.